The highest BCUT2D eigenvalue weighted by Gasteiger charge is 2.20. The molecule has 0 radical (unpaired) electrons. The van der Waals surface area contributed by atoms with Crippen molar-refractivity contribution in [2.75, 3.05) is 25.1 Å². The van der Waals surface area contributed by atoms with Crippen molar-refractivity contribution in [3.05, 3.63) is 50.7 Å². The van der Waals surface area contributed by atoms with Crippen molar-refractivity contribution in [2.24, 2.45) is 0 Å². The Hall–Kier alpha value is -2.03. The molecule has 1 aromatic heterocycles. The number of hydrogen-bond donors (Lipinski definition) is 2. The minimum absolute atomic E-state index is 0.0696. The number of aromatic amines is 1. The van der Waals surface area contributed by atoms with Gasteiger partial charge in [-0.3, -0.25) is 14.3 Å². The highest BCUT2D eigenvalue weighted by molar-refractivity contribution is 7.99. The fourth-order valence-electron chi connectivity index (χ4n) is 2.39. The van der Waals surface area contributed by atoms with Crippen molar-refractivity contribution >= 4 is 17.4 Å². The molecule has 2 N–H and O–H groups in total. The van der Waals surface area contributed by atoms with Crippen LogP contribution in [0.3, 0.4) is 0 Å². The van der Waals surface area contributed by atoms with Crippen LogP contribution in [0, 0.1) is 0 Å². The molecule has 0 spiro atoms. The van der Waals surface area contributed by atoms with Crippen LogP contribution >= 0.6 is 11.8 Å². The lowest BCUT2D eigenvalue weighted by atomic mass is 10.3. The first-order valence-corrected chi connectivity index (χ1v) is 8.54. The van der Waals surface area contributed by atoms with Crippen molar-refractivity contribution in [3.63, 3.8) is 0 Å². The predicted molar refractivity (Wildman–Crippen MR) is 91.7 cm³/mol. The second-order valence-corrected chi connectivity index (χ2v) is 6.19. The Morgan fingerprint density at radius 2 is 2.00 bits per heavy atom. The zero-order valence-electron chi connectivity index (χ0n) is 13.3. The third-order valence-corrected chi connectivity index (χ3v) is 4.82. The average Bonchev–Trinajstić information content (AvgIpc) is 2.77. The van der Waals surface area contributed by atoms with Gasteiger partial charge in [-0.2, -0.15) is 0 Å². The highest BCUT2D eigenvalue weighted by Crippen LogP contribution is 2.36. The molecule has 2 heterocycles. The van der Waals surface area contributed by atoms with E-state index in [0.717, 1.165) is 10.6 Å². The van der Waals surface area contributed by atoms with Gasteiger partial charge >= 0.3 is 5.69 Å². The van der Waals surface area contributed by atoms with Gasteiger partial charge in [0.2, 0.25) is 0 Å². The number of nitrogens with one attached hydrogen (secondary N) is 2. The van der Waals surface area contributed by atoms with Gasteiger partial charge in [-0.1, -0.05) is 23.9 Å². The molecule has 3 rings (SSSR count). The van der Waals surface area contributed by atoms with E-state index in [9.17, 15) is 9.59 Å². The van der Waals surface area contributed by atoms with Crippen LogP contribution in [0.5, 0.6) is 0 Å². The Labute approximate surface area is 143 Å². The minimum atomic E-state index is -0.470. The van der Waals surface area contributed by atoms with Gasteiger partial charge in [-0.15, -0.1) is 0 Å². The van der Waals surface area contributed by atoms with E-state index in [0.29, 0.717) is 37.0 Å². The molecule has 8 heteroatoms. The fraction of sp³-hybridized carbons (Fsp3) is 0.375. The second-order valence-electron chi connectivity index (χ2n) is 5.16. The summed E-state index contributed by atoms with van der Waals surface area (Å²) >= 11 is 1.40. The highest BCUT2D eigenvalue weighted by atomic mass is 32.2. The number of fused-ring (bicyclic) bond motifs is 2. The third-order valence-electron chi connectivity index (χ3n) is 3.59. The zero-order chi connectivity index (χ0) is 16.9. The smallest absolute Gasteiger partial charge is 0.331 e. The Bertz CT molecular complexity index is 831. The van der Waals surface area contributed by atoms with E-state index in [4.69, 9.17) is 9.47 Å². The molecule has 0 amide bonds. The van der Waals surface area contributed by atoms with Crippen LogP contribution in [0.15, 0.2) is 43.8 Å². The lowest BCUT2D eigenvalue weighted by molar-refractivity contribution is 0.0172. The van der Waals surface area contributed by atoms with Gasteiger partial charge in [0, 0.05) is 23.7 Å². The van der Waals surface area contributed by atoms with E-state index in [1.807, 2.05) is 31.2 Å². The van der Waals surface area contributed by atoms with Crippen molar-refractivity contribution in [1.29, 1.82) is 0 Å². The predicted octanol–water partition coefficient (Wildman–Crippen LogP) is 1.62. The maximum absolute atomic E-state index is 12.2. The molecule has 0 bridgehead atoms. The largest absolute Gasteiger partial charge is 0.380 e. The van der Waals surface area contributed by atoms with Crippen LogP contribution in [0.4, 0.5) is 5.69 Å². The van der Waals surface area contributed by atoms with E-state index in [1.54, 1.807) is 0 Å². The Morgan fingerprint density at radius 1 is 1.21 bits per heavy atom. The molecule has 0 saturated heterocycles. The van der Waals surface area contributed by atoms with Gasteiger partial charge in [0.15, 0.2) is 0 Å². The molecule has 0 saturated carbocycles. The standard InChI is InChI=1S/C16H19N3O4S/c1-2-22-7-8-23-10-19-15-11(14(20)18-16(19)21)9-17-12-5-3-4-6-13(12)24-15/h3-6,17H,2,7-10H2,1H3,(H,18,20,21). The summed E-state index contributed by atoms with van der Waals surface area (Å²) in [5.74, 6) is 0. The van der Waals surface area contributed by atoms with E-state index >= 15 is 0 Å². The van der Waals surface area contributed by atoms with Crippen LogP contribution in [0.2, 0.25) is 0 Å². The van der Waals surface area contributed by atoms with Crippen LogP contribution in [0.1, 0.15) is 12.5 Å². The second kappa shape index (κ2) is 7.69. The van der Waals surface area contributed by atoms with Crippen molar-refractivity contribution in [3.8, 4) is 0 Å². The molecule has 0 aliphatic carbocycles. The first-order chi connectivity index (χ1) is 11.7. The Morgan fingerprint density at radius 3 is 2.83 bits per heavy atom. The number of rotatable bonds is 6. The monoisotopic (exact) mass is 349 g/mol. The number of ether oxygens (including phenoxy) is 2. The maximum Gasteiger partial charge on any atom is 0.331 e. The maximum atomic E-state index is 12.2. The van der Waals surface area contributed by atoms with Gasteiger partial charge in [0.1, 0.15) is 6.73 Å². The van der Waals surface area contributed by atoms with Crippen molar-refractivity contribution in [1.82, 2.24) is 9.55 Å². The molecule has 0 fully saturated rings. The summed E-state index contributed by atoms with van der Waals surface area (Å²) in [6, 6.07) is 7.75. The van der Waals surface area contributed by atoms with Crippen LogP contribution in [-0.2, 0) is 22.7 Å². The summed E-state index contributed by atoms with van der Waals surface area (Å²) in [6.45, 7) is 3.80. The summed E-state index contributed by atoms with van der Waals surface area (Å²) < 4.78 is 12.2. The van der Waals surface area contributed by atoms with Gasteiger partial charge in [0.25, 0.3) is 5.56 Å². The summed E-state index contributed by atoms with van der Waals surface area (Å²) in [5.41, 5.74) is 0.633. The number of aromatic nitrogens is 2. The van der Waals surface area contributed by atoms with Gasteiger partial charge in [0.05, 0.1) is 23.8 Å². The molecule has 0 atom stereocenters. The molecule has 7 nitrogen and oxygen atoms in total. The summed E-state index contributed by atoms with van der Waals surface area (Å²) in [6.07, 6.45) is 0. The SMILES string of the molecule is CCOCCOCn1c2c(c(=O)[nH]c1=O)CNc1ccccc1S2. The molecule has 24 heavy (non-hydrogen) atoms. The molecule has 2 aromatic rings. The summed E-state index contributed by atoms with van der Waals surface area (Å²) in [5, 5.41) is 3.84. The van der Waals surface area contributed by atoms with Crippen LogP contribution in [0.25, 0.3) is 0 Å². The van der Waals surface area contributed by atoms with E-state index in [-0.39, 0.29) is 12.3 Å². The number of nitrogens with zero attached hydrogens (tertiary/aromatic N) is 1. The summed E-state index contributed by atoms with van der Waals surface area (Å²) in [7, 11) is 0. The number of H-pyrrole nitrogens is 1. The van der Waals surface area contributed by atoms with Gasteiger partial charge in [-0.05, 0) is 19.1 Å². The fourth-order valence-corrected chi connectivity index (χ4v) is 3.53. The molecular formula is C16H19N3O4S. The van der Waals surface area contributed by atoms with Crippen LogP contribution < -0.4 is 16.6 Å². The summed E-state index contributed by atoms with van der Waals surface area (Å²) in [4.78, 5) is 27.7. The zero-order valence-corrected chi connectivity index (χ0v) is 14.1. The molecule has 1 aliphatic rings. The molecule has 1 aromatic carbocycles. The van der Waals surface area contributed by atoms with Gasteiger partial charge < -0.3 is 14.8 Å². The number of hydrogen-bond acceptors (Lipinski definition) is 6. The van der Waals surface area contributed by atoms with Gasteiger partial charge in [-0.25, -0.2) is 4.79 Å². The Kier molecular flexibility index (Phi) is 5.39. The van der Waals surface area contributed by atoms with E-state index < -0.39 is 5.69 Å². The minimum Gasteiger partial charge on any atom is -0.380 e. The number of benzene rings is 1. The lowest BCUT2D eigenvalue weighted by Gasteiger charge is -2.13. The van der Waals surface area contributed by atoms with Crippen LogP contribution in [-0.4, -0.2) is 29.4 Å². The molecule has 128 valence electrons. The third kappa shape index (κ3) is 3.55. The average molecular weight is 349 g/mol. The van der Waals surface area contributed by atoms with Crippen molar-refractivity contribution < 1.29 is 9.47 Å². The van der Waals surface area contributed by atoms with Crippen molar-refractivity contribution in [2.45, 2.75) is 30.1 Å². The Balaban J connectivity index is 1.91. The lowest BCUT2D eigenvalue weighted by Crippen LogP contribution is -2.35. The van der Waals surface area contributed by atoms with E-state index in [1.165, 1.54) is 16.3 Å². The number of anilines is 1. The first kappa shape index (κ1) is 16.8. The molecule has 0 unspecified atom stereocenters. The first-order valence-electron chi connectivity index (χ1n) is 7.73. The normalized spacial score (nSPS) is 12.9. The van der Waals surface area contributed by atoms with E-state index in [2.05, 4.69) is 10.3 Å². The topological polar surface area (TPSA) is 85.3 Å². The quantitative estimate of drug-likeness (QED) is 0.609. The molecular weight excluding hydrogens is 330 g/mol. The number of para-hydroxylation sites is 1. The molecule has 1 aliphatic heterocycles.